The molecule has 0 aliphatic rings. The molecule has 0 saturated carbocycles. The van der Waals surface area contributed by atoms with Crippen molar-refractivity contribution < 1.29 is 4.74 Å². The van der Waals surface area contributed by atoms with Crippen molar-refractivity contribution in [2.24, 2.45) is 5.10 Å². The molecule has 0 aliphatic carbocycles. The van der Waals surface area contributed by atoms with Crippen LogP contribution < -0.4 is 9.75 Å². The van der Waals surface area contributed by atoms with Gasteiger partial charge < -0.3 is 9.72 Å². The summed E-state index contributed by atoms with van der Waals surface area (Å²) >= 11 is 0. The second-order valence-corrected chi connectivity index (χ2v) is 4.81. The molecular formula is C17H18N4O. The van der Waals surface area contributed by atoms with Crippen molar-refractivity contribution in [1.82, 2.24) is 9.97 Å². The first kappa shape index (κ1) is 14.1. The van der Waals surface area contributed by atoms with Crippen LogP contribution in [-0.4, -0.2) is 29.8 Å². The first-order valence-corrected chi connectivity index (χ1v) is 7.20. The summed E-state index contributed by atoms with van der Waals surface area (Å²) in [6.45, 7) is 2.77. The predicted molar refractivity (Wildman–Crippen MR) is 89.7 cm³/mol. The van der Waals surface area contributed by atoms with Gasteiger partial charge in [0.15, 0.2) is 0 Å². The zero-order chi connectivity index (χ0) is 15.4. The van der Waals surface area contributed by atoms with Gasteiger partial charge in [-0.05, 0) is 48.9 Å². The third kappa shape index (κ3) is 2.93. The maximum atomic E-state index is 5.15. The van der Waals surface area contributed by atoms with E-state index in [4.69, 9.17) is 4.74 Å². The third-order valence-corrected chi connectivity index (χ3v) is 3.38. The SMILES string of the molecule is CCN(N=Cc1ccc(OC)cc1)c1nc2ccccc2[nH]1. The monoisotopic (exact) mass is 294 g/mol. The number of fused-ring (bicyclic) bond motifs is 1. The van der Waals surface area contributed by atoms with Gasteiger partial charge in [0, 0.05) is 6.54 Å². The van der Waals surface area contributed by atoms with Gasteiger partial charge in [0.05, 0.1) is 24.4 Å². The maximum Gasteiger partial charge on any atom is 0.224 e. The van der Waals surface area contributed by atoms with Gasteiger partial charge >= 0.3 is 0 Å². The fourth-order valence-corrected chi connectivity index (χ4v) is 2.17. The lowest BCUT2D eigenvalue weighted by Gasteiger charge is -2.12. The van der Waals surface area contributed by atoms with E-state index in [0.717, 1.165) is 34.8 Å². The molecule has 22 heavy (non-hydrogen) atoms. The first-order chi connectivity index (χ1) is 10.8. The summed E-state index contributed by atoms with van der Waals surface area (Å²) in [5, 5.41) is 6.34. The highest BCUT2D eigenvalue weighted by atomic mass is 16.5. The van der Waals surface area contributed by atoms with Gasteiger partial charge in [-0.25, -0.2) is 9.99 Å². The number of hydrogen-bond donors (Lipinski definition) is 1. The van der Waals surface area contributed by atoms with Gasteiger partial charge in [-0.15, -0.1) is 0 Å². The zero-order valence-electron chi connectivity index (χ0n) is 12.7. The molecule has 112 valence electrons. The quantitative estimate of drug-likeness (QED) is 0.579. The number of aromatic nitrogens is 2. The van der Waals surface area contributed by atoms with Crippen molar-refractivity contribution in [3.8, 4) is 5.75 Å². The van der Waals surface area contributed by atoms with Crippen LogP contribution in [0.25, 0.3) is 11.0 Å². The van der Waals surface area contributed by atoms with Crippen LogP contribution in [0.2, 0.25) is 0 Å². The van der Waals surface area contributed by atoms with Gasteiger partial charge in [-0.3, -0.25) is 0 Å². The van der Waals surface area contributed by atoms with Crippen LogP contribution in [0.15, 0.2) is 53.6 Å². The summed E-state index contributed by atoms with van der Waals surface area (Å²) in [4.78, 5) is 7.84. The molecule has 3 rings (SSSR count). The number of methoxy groups -OCH3 is 1. The summed E-state index contributed by atoms with van der Waals surface area (Å²) in [6, 6.07) is 15.7. The summed E-state index contributed by atoms with van der Waals surface area (Å²) < 4.78 is 5.15. The van der Waals surface area contributed by atoms with Gasteiger partial charge in [0.1, 0.15) is 5.75 Å². The molecule has 1 aromatic heterocycles. The van der Waals surface area contributed by atoms with Crippen molar-refractivity contribution in [3.05, 3.63) is 54.1 Å². The minimum atomic E-state index is 0.729. The Bertz CT molecular complexity index is 744. The number of benzene rings is 2. The second kappa shape index (κ2) is 6.30. The van der Waals surface area contributed by atoms with E-state index in [1.54, 1.807) is 7.11 Å². The predicted octanol–water partition coefficient (Wildman–Crippen LogP) is 3.43. The molecule has 0 spiro atoms. The Balaban J connectivity index is 1.82. The molecule has 5 nitrogen and oxygen atoms in total. The number of rotatable bonds is 5. The molecule has 0 atom stereocenters. The lowest BCUT2D eigenvalue weighted by atomic mass is 10.2. The molecule has 2 aromatic carbocycles. The van der Waals surface area contributed by atoms with E-state index < -0.39 is 0 Å². The van der Waals surface area contributed by atoms with E-state index in [1.807, 2.05) is 66.7 Å². The number of hydrazone groups is 1. The molecule has 0 fully saturated rings. The van der Waals surface area contributed by atoms with Crippen molar-refractivity contribution >= 4 is 23.2 Å². The van der Waals surface area contributed by atoms with Crippen LogP contribution in [0.1, 0.15) is 12.5 Å². The maximum absolute atomic E-state index is 5.15. The van der Waals surface area contributed by atoms with Crippen LogP contribution >= 0.6 is 0 Å². The number of para-hydroxylation sites is 2. The van der Waals surface area contributed by atoms with Crippen LogP contribution in [-0.2, 0) is 0 Å². The molecular weight excluding hydrogens is 276 g/mol. The number of H-pyrrole nitrogens is 1. The fourth-order valence-electron chi connectivity index (χ4n) is 2.17. The molecule has 3 aromatic rings. The molecule has 0 amide bonds. The van der Waals surface area contributed by atoms with E-state index >= 15 is 0 Å². The normalized spacial score (nSPS) is 11.2. The highest BCUT2D eigenvalue weighted by Gasteiger charge is 2.07. The average molecular weight is 294 g/mol. The topological polar surface area (TPSA) is 53.5 Å². The molecule has 0 aliphatic heterocycles. The number of nitrogens with zero attached hydrogens (tertiary/aromatic N) is 3. The molecule has 0 radical (unpaired) electrons. The van der Waals surface area contributed by atoms with E-state index in [0.29, 0.717) is 0 Å². The smallest absolute Gasteiger partial charge is 0.224 e. The third-order valence-electron chi connectivity index (χ3n) is 3.38. The van der Waals surface area contributed by atoms with Gasteiger partial charge in [-0.2, -0.15) is 5.10 Å². The van der Waals surface area contributed by atoms with Crippen LogP contribution in [0, 0.1) is 0 Å². The lowest BCUT2D eigenvalue weighted by molar-refractivity contribution is 0.415. The Kier molecular flexibility index (Phi) is 4.05. The Morgan fingerprint density at radius 3 is 2.64 bits per heavy atom. The fraction of sp³-hybridized carbons (Fsp3) is 0.176. The molecule has 1 N–H and O–H groups in total. The Labute approximate surface area is 129 Å². The van der Waals surface area contributed by atoms with Crippen LogP contribution in [0.3, 0.4) is 0 Å². The lowest BCUT2D eigenvalue weighted by Crippen LogP contribution is -2.16. The average Bonchev–Trinajstić information content (AvgIpc) is 3.00. The van der Waals surface area contributed by atoms with Crippen LogP contribution in [0.5, 0.6) is 5.75 Å². The van der Waals surface area contributed by atoms with Gasteiger partial charge in [0.2, 0.25) is 5.95 Å². The van der Waals surface area contributed by atoms with Crippen molar-refractivity contribution in [2.75, 3.05) is 18.7 Å². The van der Waals surface area contributed by atoms with E-state index in [2.05, 4.69) is 15.1 Å². The Morgan fingerprint density at radius 1 is 1.18 bits per heavy atom. The van der Waals surface area contributed by atoms with E-state index in [9.17, 15) is 0 Å². The number of hydrogen-bond acceptors (Lipinski definition) is 4. The molecule has 0 unspecified atom stereocenters. The number of nitrogens with one attached hydrogen (secondary N) is 1. The van der Waals surface area contributed by atoms with Gasteiger partial charge in [0.25, 0.3) is 0 Å². The number of imidazole rings is 1. The number of ether oxygens (including phenoxy) is 1. The van der Waals surface area contributed by atoms with E-state index in [-0.39, 0.29) is 0 Å². The van der Waals surface area contributed by atoms with Crippen molar-refractivity contribution in [3.63, 3.8) is 0 Å². The standard InChI is InChI=1S/C17H18N4O/c1-3-21(17-19-15-6-4-5-7-16(15)20-17)18-12-13-8-10-14(22-2)11-9-13/h4-12H,3H2,1-2H3,(H,19,20). The first-order valence-electron chi connectivity index (χ1n) is 7.20. The molecule has 0 saturated heterocycles. The second-order valence-electron chi connectivity index (χ2n) is 4.81. The minimum Gasteiger partial charge on any atom is -0.497 e. The van der Waals surface area contributed by atoms with E-state index in [1.165, 1.54) is 0 Å². The van der Waals surface area contributed by atoms with Crippen molar-refractivity contribution in [1.29, 1.82) is 0 Å². The summed E-state index contributed by atoms with van der Waals surface area (Å²) in [6.07, 6.45) is 1.82. The molecule has 0 bridgehead atoms. The van der Waals surface area contributed by atoms with Crippen molar-refractivity contribution in [2.45, 2.75) is 6.92 Å². The largest absolute Gasteiger partial charge is 0.497 e. The summed E-state index contributed by atoms with van der Waals surface area (Å²) in [7, 11) is 1.66. The summed E-state index contributed by atoms with van der Waals surface area (Å²) in [5.74, 6) is 1.58. The Hall–Kier alpha value is -2.82. The number of aromatic amines is 1. The minimum absolute atomic E-state index is 0.729. The van der Waals surface area contributed by atoms with Crippen LogP contribution in [0.4, 0.5) is 5.95 Å². The highest BCUT2D eigenvalue weighted by molar-refractivity contribution is 5.81. The molecule has 5 heteroatoms. The highest BCUT2D eigenvalue weighted by Crippen LogP contribution is 2.17. The number of anilines is 1. The summed E-state index contributed by atoms with van der Waals surface area (Å²) in [5.41, 5.74) is 2.96. The Morgan fingerprint density at radius 2 is 1.95 bits per heavy atom. The van der Waals surface area contributed by atoms with Gasteiger partial charge in [-0.1, -0.05) is 12.1 Å². The zero-order valence-corrected chi connectivity index (χ0v) is 12.7. The molecule has 1 heterocycles.